The Balaban J connectivity index is -0.000000941. The van der Waals surface area contributed by atoms with Crippen LogP contribution in [-0.2, 0) is 30.3 Å². The maximum absolute atomic E-state index is 13.4. The lowest BCUT2D eigenvalue weighted by Gasteiger charge is -2.43. The van der Waals surface area contributed by atoms with Crippen LogP contribution in [0.3, 0.4) is 0 Å². The smallest absolute Gasteiger partial charge is 0.245 e. The number of hydrogen-bond acceptors (Lipinski definition) is 5. The molecule has 2 saturated heterocycles. The van der Waals surface area contributed by atoms with Crippen LogP contribution in [0, 0.1) is 16.2 Å². The van der Waals surface area contributed by atoms with E-state index in [-0.39, 0.29) is 41.1 Å². The number of likely N-dealkylation sites (N-methyl/N-ethyl adjacent to an activating group) is 3. The van der Waals surface area contributed by atoms with Gasteiger partial charge in [-0.15, -0.1) is 0 Å². The van der Waals surface area contributed by atoms with Crippen LogP contribution in [0.4, 0.5) is 0 Å². The zero-order valence-corrected chi connectivity index (χ0v) is 47.1. The van der Waals surface area contributed by atoms with Gasteiger partial charge in [0.15, 0.2) is 0 Å². The number of benzene rings is 2. The molecule has 2 heterocycles. The van der Waals surface area contributed by atoms with E-state index in [1.807, 2.05) is 181 Å². The van der Waals surface area contributed by atoms with Crippen LogP contribution in [0.2, 0.25) is 0 Å². The van der Waals surface area contributed by atoms with Crippen LogP contribution in [0.25, 0.3) is 0 Å². The number of hydrogen-bond donors (Lipinski definition) is 1. The maximum Gasteiger partial charge on any atom is 0.245 e. The summed E-state index contributed by atoms with van der Waals surface area (Å²) in [5.41, 5.74) is 0.433. The van der Waals surface area contributed by atoms with Gasteiger partial charge in [0.25, 0.3) is 0 Å². The molecule has 2 aliphatic heterocycles. The second-order valence-corrected chi connectivity index (χ2v) is 20.7. The maximum atomic E-state index is 13.4. The van der Waals surface area contributed by atoms with Crippen molar-refractivity contribution < 1.29 is 19.2 Å². The minimum Gasteiger partial charge on any atom is -0.335 e. The van der Waals surface area contributed by atoms with Crippen LogP contribution in [-0.4, -0.2) is 95.1 Å². The molecule has 2 aromatic carbocycles. The SMILES string of the molecule is CC.CC.CC.CC.CC(C)(C)C.CN(C(=O)C1CCCN1C(=O)C(C)(C)C(C)(C)C)C(C)(C)c1ccccc1.CNC(C)(C)C(=O)N1CCCC1C(=O)N(C)C(C)(C)c1ccccc1. The Kier molecular flexibility index (Phi) is 29.4. The van der Waals surface area contributed by atoms with Gasteiger partial charge in [-0.05, 0) is 96.2 Å². The Morgan fingerprint density at radius 2 is 0.785 bits per heavy atom. The molecule has 2 atom stereocenters. The normalized spacial score (nSPS) is 16.0. The highest BCUT2D eigenvalue weighted by Gasteiger charge is 2.48. The molecule has 2 fully saturated rings. The number of nitrogens with one attached hydrogen (secondary N) is 1. The van der Waals surface area contributed by atoms with Crippen molar-refractivity contribution in [3.8, 4) is 0 Å². The summed E-state index contributed by atoms with van der Waals surface area (Å²) in [6.07, 6.45) is 3.20. The first-order chi connectivity index (χ1) is 29.9. The fraction of sp³-hybridized carbons (Fsp3) is 0.714. The third kappa shape index (κ3) is 18.8. The number of carbonyl (C=O) groups excluding carboxylic acids is 4. The number of carbonyl (C=O) groups is 4. The molecule has 4 amide bonds. The Hall–Kier alpha value is -3.72. The fourth-order valence-electron chi connectivity index (χ4n) is 6.76. The molecule has 0 spiro atoms. The first-order valence-corrected chi connectivity index (χ1v) is 24.9. The molecule has 1 N–H and O–H groups in total. The molecule has 0 radical (unpaired) electrons. The van der Waals surface area contributed by atoms with Crippen LogP contribution < -0.4 is 5.32 Å². The van der Waals surface area contributed by atoms with E-state index >= 15 is 0 Å². The van der Waals surface area contributed by atoms with Crippen LogP contribution >= 0.6 is 0 Å². The van der Waals surface area contributed by atoms with Crippen molar-refractivity contribution in [2.75, 3.05) is 34.2 Å². The van der Waals surface area contributed by atoms with E-state index in [4.69, 9.17) is 0 Å². The zero-order chi connectivity index (χ0) is 51.9. The summed E-state index contributed by atoms with van der Waals surface area (Å²) >= 11 is 0. The minimum atomic E-state index is -0.670. The van der Waals surface area contributed by atoms with Gasteiger partial charge in [0, 0.05) is 32.6 Å². The summed E-state index contributed by atoms with van der Waals surface area (Å²) in [6, 6.07) is 19.3. The highest BCUT2D eigenvalue weighted by atomic mass is 16.2. The van der Waals surface area contributed by atoms with Crippen molar-refractivity contribution in [2.24, 2.45) is 16.2 Å². The molecule has 9 nitrogen and oxygen atoms in total. The Morgan fingerprint density at radius 1 is 0.508 bits per heavy atom. The van der Waals surface area contributed by atoms with Crippen LogP contribution in [0.1, 0.15) is 196 Å². The van der Waals surface area contributed by atoms with Crippen molar-refractivity contribution in [1.82, 2.24) is 24.9 Å². The highest BCUT2D eigenvalue weighted by Crippen LogP contribution is 2.41. The summed E-state index contributed by atoms with van der Waals surface area (Å²) in [5, 5.41) is 3.05. The summed E-state index contributed by atoms with van der Waals surface area (Å²) < 4.78 is 0. The van der Waals surface area contributed by atoms with E-state index in [1.54, 1.807) is 16.8 Å². The van der Waals surface area contributed by atoms with Gasteiger partial charge in [-0.25, -0.2) is 0 Å². The topological polar surface area (TPSA) is 93.3 Å². The summed E-state index contributed by atoms with van der Waals surface area (Å²) in [7, 11) is 5.46. The first-order valence-electron chi connectivity index (χ1n) is 24.9. The van der Waals surface area contributed by atoms with Crippen molar-refractivity contribution >= 4 is 23.6 Å². The largest absolute Gasteiger partial charge is 0.335 e. The zero-order valence-electron chi connectivity index (χ0n) is 47.1. The molecule has 9 heteroatoms. The van der Waals surface area contributed by atoms with E-state index in [1.165, 1.54) is 0 Å². The van der Waals surface area contributed by atoms with Crippen molar-refractivity contribution in [3.05, 3.63) is 71.8 Å². The average molecular weight is 910 g/mol. The average Bonchev–Trinajstić information content (AvgIpc) is 3.98. The van der Waals surface area contributed by atoms with E-state index in [2.05, 4.69) is 67.6 Å². The van der Waals surface area contributed by atoms with Crippen molar-refractivity contribution in [3.63, 3.8) is 0 Å². The second kappa shape index (κ2) is 29.1. The monoisotopic (exact) mass is 910 g/mol. The molecule has 0 bridgehead atoms. The van der Waals surface area contributed by atoms with E-state index in [9.17, 15) is 19.2 Å². The van der Waals surface area contributed by atoms with E-state index in [0.717, 1.165) is 36.8 Å². The van der Waals surface area contributed by atoms with Gasteiger partial charge in [0.1, 0.15) is 12.1 Å². The number of rotatable bonds is 9. The fourth-order valence-corrected chi connectivity index (χ4v) is 6.76. The molecular weight excluding hydrogens is 807 g/mol. The second-order valence-electron chi connectivity index (χ2n) is 20.7. The molecule has 65 heavy (non-hydrogen) atoms. The molecule has 376 valence electrons. The number of nitrogens with zero attached hydrogens (tertiary/aromatic N) is 4. The molecule has 0 aromatic heterocycles. The summed E-state index contributed by atoms with van der Waals surface area (Å²) in [4.78, 5) is 59.9. The first kappa shape index (κ1) is 65.6. The highest BCUT2D eigenvalue weighted by molar-refractivity contribution is 5.93. The van der Waals surface area contributed by atoms with Crippen molar-refractivity contribution in [2.45, 2.75) is 214 Å². The molecule has 0 aliphatic carbocycles. The van der Waals surface area contributed by atoms with E-state index in [0.29, 0.717) is 18.5 Å². The lowest BCUT2D eigenvalue weighted by atomic mass is 9.68. The van der Waals surface area contributed by atoms with Crippen LogP contribution in [0.15, 0.2) is 60.7 Å². The van der Waals surface area contributed by atoms with Gasteiger partial charge in [-0.2, -0.15) is 0 Å². The quantitative estimate of drug-likeness (QED) is 0.270. The third-order valence-corrected chi connectivity index (χ3v) is 12.5. The molecule has 0 saturated carbocycles. The standard InChI is InChI=1S/C23H36N2O2.C20H31N3O2.C5H12.4C2H6/c1-21(2,3)22(4,5)20(27)25-16-12-15-18(25)19(26)24(8)23(6,7)17-13-10-9-11-14-17;1-19(2,21-5)18(25)23-14-10-13-16(23)17(24)22(6)20(3,4)15-11-8-7-9-12-15;1-5(2,3)4;4*1-2/h9-11,13-14,18H,12,15-16H2,1-8H3;7-9,11-12,16,21H,10,13-14H2,1-6H3;1-4H3;4*1-2H3. The number of amides is 4. The Bertz CT molecular complexity index is 1630. The summed E-state index contributed by atoms with van der Waals surface area (Å²) in [5.74, 6) is 0.0968. The molecular formula is C56H103N5O4. The lowest BCUT2D eigenvalue weighted by Crippen LogP contribution is -2.58. The Morgan fingerprint density at radius 3 is 1.05 bits per heavy atom. The summed E-state index contributed by atoms with van der Waals surface area (Å²) in [6.45, 7) is 48.2. The van der Waals surface area contributed by atoms with Gasteiger partial charge in [0.2, 0.25) is 23.6 Å². The van der Waals surface area contributed by atoms with Gasteiger partial charge >= 0.3 is 0 Å². The molecule has 2 aliphatic rings. The third-order valence-electron chi connectivity index (χ3n) is 12.5. The molecule has 4 rings (SSSR count). The minimum absolute atomic E-state index is 0.00612. The van der Waals surface area contributed by atoms with Crippen molar-refractivity contribution in [1.29, 1.82) is 0 Å². The number of likely N-dealkylation sites (tertiary alicyclic amines) is 2. The van der Waals surface area contributed by atoms with Gasteiger partial charge < -0.3 is 24.9 Å². The molecule has 2 unspecified atom stereocenters. The molecule has 2 aromatic rings. The van der Waals surface area contributed by atoms with Gasteiger partial charge in [0.05, 0.1) is 16.6 Å². The Labute approximate surface area is 402 Å². The van der Waals surface area contributed by atoms with E-state index < -0.39 is 22.0 Å². The van der Waals surface area contributed by atoms with Gasteiger partial charge in [-0.3, -0.25) is 19.2 Å². The lowest BCUT2D eigenvalue weighted by molar-refractivity contribution is -0.154. The van der Waals surface area contributed by atoms with Gasteiger partial charge in [-0.1, -0.05) is 178 Å². The predicted octanol–water partition coefficient (Wildman–Crippen LogP) is 13.0. The predicted molar refractivity (Wildman–Crippen MR) is 281 cm³/mol. The van der Waals surface area contributed by atoms with Crippen LogP contribution in [0.5, 0.6) is 0 Å².